The first-order chi connectivity index (χ1) is 19.3. The van der Waals surface area contributed by atoms with Crippen molar-refractivity contribution >= 4 is 38.5 Å². The highest BCUT2D eigenvalue weighted by atomic mass is 32.2. The van der Waals surface area contributed by atoms with Crippen LogP contribution in [0.5, 0.6) is 0 Å². The van der Waals surface area contributed by atoms with Crippen molar-refractivity contribution in [1.82, 2.24) is 41.1 Å². The SMILES string of the molecule is CC(C)(C)[C@H](NC(=O)c1ccc2ccccc2n1)C(=O)N1CCC[C@@H]1C(=O)N[C@H](/C=C/S(C)(=O)=O)Cc1nn[nH]n1. The van der Waals surface area contributed by atoms with E-state index in [-0.39, 0.29) is 23.8 Å². The Morgan fingerprint density at radius 3 is 2.59 bits per heavy atom. The molecule has 0 aliphatic carbocycles. The maximum absolute atomic E-state index is 13.9. The molecule has 3 N–H and O–H groups in total. The molecule has 1 aliphatic rings. The van der Waals surface area contributed by atoms with Crippen LogP contribution in [0.2, 0.25) is 0 Å². The Labute approximate surface area is 238 Å². The summed E-state index contributed by atoms with van der Waals surface area (Å²) in [6.07, 6.45) is 3.49. The molecule has 218 valence electrons. The summed E-state index contributed by atoms with van der Waals surface area (Å²) in [5, 5.41) is 21.1. The number of likely N-dealkylation sites (tertiary alicyclic amines) is 1. The second kappa shape index (κ2) is 12.1. The molecular weight excluding hydrogens is 548 g/mol. The van der Waals surface area contributed by atoms with Gasteiger partial charge in [0.1, 0.15) is 17.8 Å². The van der Waals surface area contributed by atoms with Crippen molar-refractivity contribution in [2.24, 2.45) is 5.41 Å². The summed E-state index contributed by atoms with van der Waals surface area (Å²) in [7, 11) is -3.46. The minimum absolute atomic E-state index is 0.0916. The molecule has 4 rings (SSSR count). The van der Waals surface area contributed by atoms with Crippen molar-refractivity contribution in [3.05, 3.63) is 59.4 Å². The highest BCUT2D eigenvalue weighted by Gasteiger charge is 2.42. The van der Waals surface area contributed by atoms with E-state index in [2.05, 4.69) is 36.2 Å². The molecular formula is C27H34N8O5S. The average Bonchev–Trinajstić information content (AvgIpc) is 3.61. The van der Waals surface area contributed by atoms with Gasteiger partial charge in [0.25, 0.3) is 5.91 Å². The monoisotopic (exact) mass is 582 g/mol. The smallest absolute Gasteiger partial charge is 0.270 e. The molecule has 1 saturated heterocycles. The number of benzene rings is 1. The Balaban J connectivity index is 1.51. The summed E-state index contributed by atoms with van der Waals surface area (Å²) in [6, 6.07) is 8.34. The van der Waals surface area contributed by atoms with Gasteiger partial charge in [0.15, 0.2) is 15.7 Å². The number of carbonyl (C=O) groups is 3. The third-order valence-electron chi connectivity index (χ3n) is 6.74. The van der Waals surface area contributed by atoms with Crippen LogP contribution in [0.4, 0.5) is 0 Å². The first-order valence-corrected chi connectivity index (χ1v) is 15.2. The van der Waals surface area contributed by atoms with Crippen LogP contribution >= 0.6 is 0 Å². The first-order valence-electron chi connectivity index (χ1n) is 13.2. The highest BCUT2D eigenvalue weighted by molar-refractivity contribution is 7.93. The molecule has 1 aromatic carbocycles. The maximum Gasteiger partial charge on any atom is 0.270 e. The van der Waals surface area contributed by atoms with Crippen LogP contribution in [0.1, 0.15) is 49.9 Å². The van der Waals surface area contributed by atoms with E-state index in [1.165, 1.54) is 11.0 Å². The van der Waals surface area contributed by atoms with Crippen molar-refractivity contribution in [2.45, 2.75) is 58.2 Å². The zero-order valence-corrected chi connectivity index (χ0v) is 24.2. The Bertz CT molecular complexity index is 1550. The van der Waals surface area contributed by atoms with E-state index in [0.717, 1.165) is 17.1 Å². The van der Waals surface area contributed by atoms with Gasteiger partial charge in [-0.3, -0.25) is 14.4 Å². The van der Waals surface area contributed by atoms with Crippen molar-refractivity contribution in [3.8, 4) is 0 Å². The molecule has 3 heterocycles. The van der Waals surface area contributed by atoms with Gasteiger partial charge in [0.05, 0.1) is 11.6 Å². The molecule has 0 bridgehead atoms. The number of pyridine rings is 1. The third kappa shape index (κ3) is 7.72. The Morgan fingerprint density at radius 2 is 1.90 bits per heavy atom. The van der Waals surface area contributed by atoms with Crippen LogP contribution in [0.15, 0.2) is 47.9 Å². The summed E-state index contributed by atoms with van der Waals surface area (Å²) in [4.78, 5) is 46.4. The summed E-state index contributed by atoms with van der Waals surface area (Å²) in [5.74, 6) is -1.04. The summed E-state index contributed by atoms with van der Waals surface area (Å²) in [5.41, 5.74) is 0.172. The van der Waals surface area contributed by atoms with Gasteiger partial charge in [0, 0.05) is 30.0 Å². The quantitative estimate of drug-likeness (QED) is 0.334. The van der Waals surface area contributed by atoms with Crippen molar-refractivity contribution < 1.29 is 22.8 Å². The fourth-order valence-electron chi connectivity index (χ4n) is 4.66. The molecule has 2 aromatic heterocycles. The molecule has 0 spiro atoms. The molecule has 14 heteroatoms. The number of aromatic amines is 1. The van der Waals surface area contributed by atoms with Gasteiger partial charge >= 0.3 is 0 Å². The topological polar surface area (TPSA) is 180 Å². The summed E-state index contributed by atoms with van der Waals surface area (Å²) in [6.45, 7) is 5.85. The van der Waals surface area contributed by atoms with E-state index in [1.54, 1.807) is 12.1 Å². The van der Waals surface area contributed by atoms with Crippen LogP contribution in [0, 0.1) is 5.41 Å². The lowest BCUT2D eigenvalue weighted by Crippen LogP contribution is -2.58. The molecule has 1 fully saturated rings. The van der Waals surface area contributed by atoms with Crippen molar-refractivity contribution in [2.75, 3.05) is 12.8 Å². The normalized spacial score (nSPS) is 17.5. The standard InChI is InChI=1S/C27H34N8O5S/c1-27(2,3)23(30-24(36)20-12-11-17-8-5-6-9-19(17)29-20)26(38)35-14-7-10-21(35)25(37)28-18(13-15-41(4,39)40)16-22-31-33-34-32-22/h5-6,8-9,11-13,15,18,21,23H,7,10,14,16H2,1-4H3,(H,28,37)(H,30,36)(H,31,32,33,34)/b15-13+/t18-,21-,23-/m1/s1. The molecule has 1 aliphatic heterocycles. The largest absolute Gasteiger partial charge is 0.348 e. The number of aromatic nitrogens is 5. The number of nitrogens with zero attached hydrogens (tertiary/aromatic N) is 5. The minimum Gasteiger partial charge on any atom is -0.348 e. The number of H-pyrrole nitrogens is 1. The van der Waals surface area contributed by atoms with E-state index in [4.69, 9.17) is 0 Å². The predicted octanol–water partition coefficient (Wildman–Crippen LogP) is 1.17. The number of para-hydroxylation sites is 1. The minimum atomic E-state index is -3.46. The van der Waals surface area contributed by atoms with E-state index in [9.17, 15) is 22.8 Å². The second-order valence-electron chi connectivity index (χ2n) is 11.2. The molecule has 3 aromatic rings. The van der Waals surface area contributed by atoms with Gasteiger partial charge in [-0.15, -0.1) is 10.2 Å². The summed E-state index contributed by atoms with van der Waals surface area (Å²) < 4.78 is 23.4. The van der Waals surface area contributed by atoms with Gasteiger partial charge in [-0.25, -0.2) is 13.4 Å². The Kier molecular flexibility index (Phi) is 8.80. The molecule has 0 unspecified atom stereocenters. The van der Waals surface area contributed by atoms with Crippen LogP contribution in [-0.4, -0.2) is 87.6 Å². The Morgan fingerprint density at radius 1 is 1.15 bits per heavy atom. The van der Waals surface area contributed by atoms with Crippen LogP contribution < -0.4 is 10.6 Å². The van der Waals surface area contributed by atoms with Gasteiger partial charge < -0.3 is 15.5 Å². The number of carbonyl (C=O) groups excluding carboxylic acids is 3. The van der Waals surface area contributed by atoms with Gasteiger partial charge in [-0.05, 0) is 30.4 Å². The van der Waals surface area contributed by atoms with Gasteiger partial charge in [-0.2, -0.15) is 5.21 Å². The zero-order valence-electron chi connectivity index (χ0n) is 23.4. The number of amides is 3. The third-order valence-corrected chi connectivity index (χ3v) is 7.39. The number of sulfone groups is 1. The zero-order chi connectivity index (χ0) is 29.8. The van der Waals surface area contributed by atoms with E-state index >= 15 is 0 Å². The van der Waals surface area contributed by atoms with Gasteiger partial charge in [0.2, 0.25) is 11.8 Å². The number of fused-ring (bicyclic) bond motifs is 1. The molecule has 41 heavy (non-hydrogen) atoms. The average molecular weight is 583 g/mol. The number of rotatable bonds is 9. The first kappa shape index (κ1) is 29.8. The molecule has 0 saturated carbocycles. The van der Waals surface area contributed by atoms with E-state index < -0.39 is 45.2 Å². The fourth-order valence-corrected chi connectivity index (χ4v) is 5.14. The fraction of sp³-hybridized carbons (Fsp3) is 0.444. The van der Waals surface area contributed by atoms with E-state index in [1.807, 2.05) is 45.0 Å². The second-order valence-corrected chi connectivity index (χ2v) is 13.1. The molecule has 0 radical (unpaired) electrons. The lowest BCUT2D eigenvalue weighted by atomic mass is 9.85. The summed E-state index contributed by atoms with van der Waals surface area (Å²) >= 11 is 0. The van der Waals surface area contributed by atoms with E-state index in [0.29, 0.717) is 24.9 Å². The number of nitrogens with one attached hydrogen (secondary N) is 3. The predicted molar refractivity (Wildman–Crippen MR) is 151 cm³/mol. The molecule has 13 nitrogen and oxygen atoms in total. The lowest BCUT2D eigenvalue weighted by molar-refractivity contribution is -0.142. The Hall–Kier alpha value is -4.20. The van der Waals surface area contributed by atoms with Crippen LogP contribution in [-0.2, 0) is 25.8 Å². The van der Waals surface area contributed by atoms with Crippen molar-refractivity contribution in [1.29, 1.82) is 0 Å². The number of hydrogen-bond acceptors (Lipinski definition) is 9. The number of tetrazole rings is 1. The lowest BCUT2D eigenvalue weighted by Gasteiger charge is -2.35. The highest BCUT2D eigenvalue weighted by Crippen LogP contribution is 2.26. The van der Waals surface area contributed by atoms with Crippen molar-refractivity contribution in [3.63, 3.8) is 0 Å². The van der Waals surface area contributed by atoms with Gasteiger partial charge in [-0.1, -0.05) is 56.3 Å². The van der Waals surface area contributed by atoms with Crippen LogP contribution in [0.3, 0.4) is 0 Å². The molecule has 3 atom stereocenters. The molecule has 3 amide bonds. The number of hydrogen-bond donors (Lipinski definition) is 3. The van der Waals surface area contributed by atoms with Crippen LogP contribution in [0.25, 0.3) is 10.9 Å². The maximum atomic E-state index is 13.9.